The molecule has 0 amide bonds. The first-order valence-electron chi connectivity index (χ1n) is 8.57. The maximum atomic E-state index is 13.3. The lowest BCUT2D eigenvalue weighted by Crippen LogP contribution is -2.23. The van der Waals surface area contributed by atoms with Gasteiger partial charge in [-0.15, -0.1) is 0 Å². The smallest absolute Gasteiger partial charge is 0.214 e. The summed E-state index contributed by atoms with van der Waals surface area (Å²) >= 11 is 0. The van der Waals surface area contributed by atoms with E-state index in [0.717, 1.165) is 48.1 Å². The second kappa shape index (κ2) is 6.15. The summed E-state index contributed by atoms with van der Waals surface area (Å²) in [4.78, 5) is 6.06. The van der Waals surface area contributed by atoms with Crippen molar-refractivity contribution in [3.63, 3.8) is 0 Å². The van der Waals surface area contributed by atoms with Crippen LogP contribution in [0.1, 0.15) is 18.4 Å². The van der Waals surface area contributed by atoms with Crippen molar-refractivity contribution in [2.75, 3.05) is 18.0 Å². The highest BCUT2D eigenvalue weighted by molar-refractivity contribution is 7.91. The van der Waals surface area contributed by atoms with Crippen LogP contribution in [0.5, 0.6) is 0 Å². The molecule has 3 aromatic rings. The van der Waals surface area contributed by atoms with Crippen LogP contribution in [0.25, 0.3) is 10.9 Å². The standard InChI is InChI=1S/C20H20N2O2S/c1-15-8-10-16(11-9-15)25(23,24)19-14-21-18-7-3-2-6-17(18)20(19)22-12-4-5-13-22/h2-3,6-11,14H,4-5,12-13H2,1H3/p+1. The molecule has 4 rings (SSSR count). The molecule has 0 bridgehead atoms. The van der Waals surface area contributed by atoms with E-state index in [1.165, 1.54) is 0 Å². The summed E-state index contributed by atoms with van der Waals surface area (Å²) in [6.07, 6.45) is 3.83. The minimum Gasteiger partial charge on any atom is -0.370 e. The minimum absolute atomic E-state index is 0.335. The molecule has 1 saturated heterocycles. The van der Waals surface area contributed by atoms with Gasteiger partial charge in [0.25, 0.3) is 0 Å². The van der Waals surface area contributed by atoms with E-state index < -0.39 is 9.84 Å². The van der Waals surface area contributed by atoms with E-state index in [9.17, 15) is 8.42 Å². The molecule has 0 atom stereocenters. The SMILES string of the molecule is Cc1ccc(S(=O)(=O)c2c[nH+]c3ccccc3c2N2CCCC2)cc1. The predicted octanol–water partition coefficient (Wildman–Crippen LogP) is 3.40. The van der Waals surface area contributed by atoms with E-state index in [0.29, 0.717) is 9.79 Å². The van der Waals surface area contributed by atoms with Crippen molar-refractivity contribution < 1.29 is 13.4 Å². The summed E-state index contributed by atoms with van der Waals surface area (Å²) in [5, 5.41) is 0.956. The molecule has 1 fully saturated rings. The molecule has 4 nitrogen and oxygen atoms in total. The molecule has 1 aliphatic rings. The zero-order chi connectivity index (χ0) is 17.4. The molecule has 0 aliphatic carbocycles. The second-order valence-electron chi connectivity index (χ2n) is 6.56. The van der Waals surface area contributed by atoms with E-state index in [-0.39, 0.29) is 0 Å². The Morgan fingerprint density at radius 2 is 1.64 bits per heavy atom. The summed E-state index contributed by atoms with van der Waals surface area (Å²) in [5.74, 6) is 0. The monoisotopic (exact) mass is 353 g/mol. The van der Waals surface area contributed by atoms with Crippen LogP contribution in [-0.2, 0) is 9.84 Å². The molecular formula is C20H21N2O2S+. The molecule has 0 radical (unpaired) electrons. The molecular weight excluding hydrogens is 332 g/mol. The molecule has 128 valence electrons. The summed E-state index contributed by atoms with van der Waals surface area (Å²) in [6.45, 7) is 3.74. The van der Waals surface area contributed by atoms with E-state index in [1.54, 1.807) is 18.3 Å². The molecule has 0 unspecified atom stereocenters. The first-order chi connectivity index (χ1) is 12.1. The van der Waals surface area contributed by atoms with Crippen LogP contribution in [0.4, 0.5) is 5.69 Å². The minimum atomic E-state index is -3.59. The Morgan fingerprint density at radius 1 is 0.960 bits per heavy atom. The van der Waals surface area contributed by atoms with Gasteiger partial charge in [0, 0.05) is 19.2 Å². The number of hydrogen-bond donors (Lipinski definition) is 0. The van der Waals surface area contributed by atoms with Gasteiger partial charge in [-0.2, -0.15) is 0 Å². The van der Waals surface area contributed by atoms with E-state index in [2.05, 4.69) is 9.88 Å². The third-order valence-electron chi connectivity index (χ3n) is 4.82. The van der Waals surface area contributed by atoms with Crippen molar-refractivity contribution in [3.8, 4) is 0 Å². The highest BCUT2D eigenvalue weighted by atomic mass is 32.2. The third-order valence-corrected chi connectivity index (χ3v) is 6.60. The van der Waals surface area contributed by atoms with Crippen LogP contribution in [0.3, 0.4) is 0 Å². The number of benzene rings is 2. The Balaban J connectivity index is 1.97. The second-order valence-corrected chi connectivity index (χ2v) is 8.48. The van der Waals surface area contributed by atoms with Crippen molar-refractivity contribution in [1.29, 1.82) is 0 Å². The first kappa shape index (κ1) is 16.1. The number of nitrogens with one attached hydrogen (secondary N) is 1. The van der Waals surface area contributed by atoms with Gasteiger partial charge in [0.2, 0.25) is 15.4 Å². The van der Waals surface area contributed by atoms with Gasteiger partial charge in [-0.3, -0.25) is 0 Å². The molecule has 1 aliphatic heterocycles. The Bertz CT molecular complexity index is 1020. The Morgan fingerprint density at radius 3 is 2.36 bits per heavy atom. The van der Waals surface area contributed by atoms with Gasteiger partial charge in [-0.25, -0.2) is 13.4 Å². The average Bonchev–Trinajstić information content (AvgIpc) is 3.15. The number of anilines is 1. The third kappa shape index (κ3) is 2.78. The van der Waals surface area contributed by atoms with Gasteiger partial charge in [-0.05, 0) is 38.0 Å². The number of nitrogens with zero attached hydrogens (tertiary/aromatic N) is 1. The molecule has 1 aromatic heterocycles. The molecule has 2 aromatic carbocycles. The topological polar surface area (TPSA) is 51.5 Å². The number of fused-ring (bicyclic) bond motifs is 1. The van der Waals surface area contributed by atoms with Crippen LogP contribution in [-0.4, -0.2) is 21.5 Å². The van der Waals surface area contributed by atoms with Crippen LogP contribution in [0, 0.1) is 6.92 Å². The lowest BCUT2D eigenvalue weighted by molar-refractivity contribution is -0.347. The Kier molecular flexibility index (Phi) is 3.96. The van der Waals surface area contributed by atoms with Gasteiger partial charge in [0.05, 0.1) is 16.0 Å². The largest absolute Gasteiger partial charge is 0.370 e. The zero-order valence-electron chi connectivity index (χ0n) is 14.2. The number of pyridine rings is 1. The molecule has 0 saturated carbocycles. The van der Waals surface area contributed by atoms with Crippen molar-refractivity contribution in [2.24, 2.45) is 0 Å². The summed E-state index contributed by atoms with van der Waals surface area (Å²) in [5.41, 5.74) is 2.82. The number of H-pyrrole nitrogens is 1. The zero-order valence-corrected chi connectivity index (χ0v) is 15.0. The number of hydrogen-bond acceptors (Lipinski definition) is 3. The number of para-hydroxylation sites is 1. The normalized spacial score (nSPS) is 15.0. The molecule has 2 heterocycles. The van der Waals surface area contributed by atoms with E-state index in [1.807, 2.05) is 43.3 Å². The average molecular weight is 353 g/mol. The lowest BCUT2D eigenvalue weighted by atomic mass is 10.1. The first-order valence-corrected chi connectivity index (χ1v) is 10.1. The summed E-state index contributed by atoms with van der Waals surface area (Å²) in [7, 11) is -3.59. The van der Waals surface area contributed by atoms with Crippen molar-refractivity contribution in [1.82, 2.24) is 0 Å². The van der Waals surface area contributed by atoms with Crippen LogP contribution >= 0.6 is 0 Å². The highest BCUT2D eigenvalue weighted by Crippen LogP contribution is 2.36. The maximum absolute atomic E-state index is 13.3. The number of sulfone groups is 1. The van der Waals surface area contributed by atoms with Gasteiger partial charge in [-0.1, -0.05) is 29.8 Å². The van der Waals surface area contributed by atoms with Gasteiger partial charge < -0.3 is 4.90 Å². The van der Waals surface area contributed by atoms with Crippen LogP contribution in [0.2, 0.25) is 0 Å². The number of aromatic nitrogens is 1. The Labute approximate surface area is 148 Å². The van der Waals surface area contributed by atoms with Gasteiger partial charge >= 0.3 is 0 Å². The van der Waals surface area contributed by atoms with Gasteiger partial charge in [0.1, 0.15) is 0 Å². The number of aryl methyl sites for hydroxylation is 1. The summed E-state index contributed by atoms with van der Waals surface area (Å²) in [6, 6.07) is 14.9. The van der Waals surface area contributed by atoms with Crippen molar-refractivity contribution in [3.05, 3.63) is 60.3 Å². The molecule has 5 heteroatoms. The van der Waals surface area contributed by atoms with Gasteiger partial charge in [0.15, 0.2) is 11.1 Å². The maximum Gasteiger partial charge on any atom is 0.214 e. The molecule has 0 spiro atoms. The van der Waals surface area contributed by atoms with Crippen molar-refractivity contribution >= 4 is 26.4 Å². The Hall–Kier alpha value is -2.40. The quantitative estimate of drug-likeness (QED) is 0.725. The number of rotatable bonds is 3. The van der Waals surface area contributed by atoms with E-state index in [4.69, 9.17) is 0 Å². The fraction of sp³-hybridized carbons (Fsp3) is 0.250. The van der Waals surface area contributed by atoms with Crippen molar-refractivity contribution in [2.45, 2.75) is 29.6 Å². The van der Waals surface area contributed by atoms with E-state index >= 15 is 0 Å². The fourth-order valence-corrected chi connectivity index (χ4v) is 4.93. The number of aromatic amines is 1. The summed E-state index contributed by atoms with van der Waals surface area (Å²) < 4.78 is 26.6. The molecule has 25 heavy (non-hydrogen) atoms. The highest BCUT2D eigenvalue weighted by Gasteiger charge is 2.30. The van der Waals surface area contributed by atoms with Crippen LogP contribution < -0.4 is 9.88 Å². The predicted molar refractivity (Wildman–Crippen MR) is 98.6 cm³/mol. The fourth-order valence-electron chi connectivity index (χ4n) is 3.48. The van der Waals surface area contributed by atoms with Crippen LogP contribution in [0.15, 0.2) is 64.5 Å². The lowest BCUT2D eigenvalue weighted by Gasteiger charge is -2.21. The molecule has 1 N–H and O–H groups in total.